The van der Waals surface area contributed by atoms with Gasteiger partial charge in [0, 0.05) is 13.0 Å². The lowest BCUT2D eigenvalue weighted by atomic mass is 10.3. The van der Waals surface area contributed by atoms with Crippen molar-refractivity contribution in [1.82, 2.24) is 19.7 Å². The van der Waals surface area contributed by atoms with Gasteiger partial charge in [-0.2, -0.15) is 5.10 Å². The highest BCUT2D eigenvalue weighted by Crippen LogP contribution is 2.22. The molecule has 0 aliphatic rings. The fourth-order valence-electron chi connectivity index (χ4n) is 1.52. The third-order valence-corrected chi connectivity index (χ3v) is 3.03. The Morgan fingerprint density at radius 1 is 1.53 bits per heavy atom. The van der Waals surface area contributed by atoms with Gasteiger partial charge in [0.1, 0.15) is 15.8 Å². The highest BCUT2D eigenvalue weighted by molar-refractivity contribution is 14.1. The second kappa shape index (κ2) is 4.82. The molecule has 0 unspecified atom stereocenters. The van der Waals surface area contributed by atoms with Crippen LogP contribution >= 0.6 is 22.6 Å². The van der Waals surface area contributed by atoms with Crippen molar-refractivity contribution >= 4 is 45.4 Å². The molecule has 2 aromatic heterocycles. The average Bonchev–Trinajstić information content (AvgIpc) is 2.57. The Morgan fingerprint density at radius 2 is 2.29 bits per heavy atom. The fourth-order valence-corrected chi connectivity index (χ4v) is 2.30. The third kappa shape index (κ3) is 2.46. The van der Waals surface area contributed by atoms with Crippen molar-refractivity contribution in [3.63, 3.8) is 0 Å². The van der Waals surface area contributed by atoms with Gasteiger partial charge in [0.2, 0.25) is 0 Å². The standard InChI is InChI=1S/C9H10IN5O2/c10-7-6-8(11)12-4-13-9(6)15(14-7)3-1-2-5(16)17/h4H,1-3H2,(H,16,17)(H2,11,12,13). The molecule has 0 amide bonds. The monoisotopic (exact) mass is 347 g/mol. The molecule has 0 fully saturated rings. The first-order valence-corrected chi connectivity index (χ1v) is 6.01. The number of carbonyl (C=O) groups is 1. The molecular formula is C9H10IN5O2. The molecule has 0 aliphatic heterocycles. The summed E-state index contributed by atoms with van der Waals surface area (Å²) in [5.74, 6) is -0.422. The number of rotatable bonds is 4. The largest absolute Gasteiger partial charge is 0.481 e. The normalized spacial score (nSPS) is 10.9. The van der Waals surface area contributed by atoms with Crippen LogP contribution in [0.5, 0.6) is 0 Å². The minimum absolute atomic E-state index is 0.110. The summed E-state index contributed by atoms with van der Waals surface area (Å²) in [7, 11) is 0. The molecule has 0 saturated carbocycles. The van der Waals surface area contributed by atoms with Crippen LogP contribution in [0.1, 0.15) is 12.8 Å². The Labute approximate surface area is 110 Å². The summed E-state index contributed by atoms with van der Waals surface area (Å²) in [6.45, 7) is 0.502. The lowest BCUT2D eigenvalue weighted by Crippen LogP contribution is -2.04. The van der Waals surface area contributed by atoms with E-state index in [4.69, 9.17) is 10.8 Å². The van der Waals surface area contributed by atoms with E-state index < -0.39 is 5.97 Å². The highest BCUT2D eigenvalue weighted by atomic mass is 127. The molecular weight excluding hydrogens is 337 g/mol. The Balaban J connectivity index is 2.29. The van der Waals surface area contributed by atoms with Crippen molar-refractivity contribution < 1.29 is 9.90 Å². The zero-order chi connectivity index (χ0) is 12.4. The Bertz CT molecular complexity index is 568. The number of aryl methyl sites for hydroxylation is 1. The number of aromatic nitrogens is 4. The van der Waals surface area contributed by atoms with Crippen LogP contribution in [0.25, 0.3) is 11.0 Å². The molecule has 0 saturated heterocycles. The van der Waals surface area contributed by atoms with E-state index in [9.17, 15) is 4.79 Å². The van der Waals surface area contributed by atoms with Gasteiger partial charge in [-0.25, -0.2) is 14.6 Å². The minimum atomic E-state index is -0.815. The van der Waals surface area contributed by atoms with Gasteiger partial charge in [0.15, 0.2) is 5.65 Å². The van der Waals surface area contributed by atoms with Crippen LogP contribution in [-0.4, -0.2) is 30.8 Å². The Hall–Kier alpha value is -1.45. The second-order valence-corrected chi connectivity index (χ2v) is 4.49. The Morgan fingerprint density at radius 3 is 3.00 bits per heavy atom. The smallest absolute Gasteiger partial charge is 0.303 e. The van der Waals surface area contributed by atoms with Crippen molar-refractivity contribution in [2.24, 2.45) is 0 Å². The summed E-state index contributed by atoms with van der Waals surface area (Å²) in [4.78, 5) is 18.5. The molecule has 2 heterocycles. The van der Waals surface area contributed by atoms with E-state index in [1.54, 1.807) is 4.68 Å². The van der Waals surface area contributed by atoms with Gasteiger partial charge in [-0.3, -0.25) is 4.79 Å². The molecule has 0 radical (unpaired) electrons. The summed E-state index contributed by atoms with van der Waals surface area (Å²) in [5.41, 5.74) is 6.39. The number of nitrogens with two attached hydrogens (primary N) is 1. The SMILES string of the molecule is Nc1ncnc2c1c(I)nn2CCCC(=O)O. The van der Waals surface area contributed by atoms with E-state index in [1.165, 1.54) is 6.33 Å². The molecule has 0 atom stereocenters. The number of nitrogens with zero attached hydrogens (tertiary/aromatic N) is 4. The first-order valence-electron chi connectivity index (χ1n) is 4.94. The van der Waals surface area contributed by atoms with Crippen molar-refractivity contribution in [1.29, 1.82) is 0 Å². The number of hydrogen-bond donors (Lipinski definition) is 2. The van der Waals surface area contributed by atoms with Crippen LogP contribution < -0.4 is 5.73 Å². The van der Waals surface area contributed by atoms with Crippen molar-refractivity contribution in [2.45, 2.75) is 19.4 Å². The quantitative estimate of drug-likeness (QED) is 0.795. The topological polar surface area (TPSA) is 107 Å². The molecule has 3 N–H and O–H groups in total. The molecule has 0 bridgehead atoms. The number of fused-ring (bicyclic) bond motifs is 1. The first kappa shape index (κ1) is 12.0. The van der Waals surface area contributed by atoms with Gasteiger partial charge in [-0.05, 0) is 29.0 Å². The lowest BCUT2D eigenvalue weighted by Gasteiger charge is -2.00. The van der Waals surface area contributed by atoms with Gasteiger partial charge in [0.05, 0.1) is 5.39 Å². The van der Waals surface area contributed by atoms with Gasteiger partial charge in [-0.15, -0.1) is 0 Å². The molecule has 8 heteroatoms. The number of halogens is 1. The molecule has 7 nitrogen and oxygen atoms in total. The van der Waals surface area contributed by atoms with Gasteiger partial charge in [0.25, 0.3) is 0 Å². The molecule has 2 aromatic rings. The number of anilines is 1. The van der Waals surface area contributed by atoms with Gasteiger partial charge >= 0.3 is 5.97 Å². The molecule has 0 spiro atoms. The predicted octanol–water partition coefficient (Wildman–Crippen LogP) is 0.878. The van der Waals surface area contributed by atoms with Crippen molar-refractivity contribution in [2.75, 3.05) is 5.73 Å². The maximum atomic E-state index is 10.4. The van der Waals surface area contributed by atoms with E-state index in [2.05, 4.69) is 37.7 Å². The molecule has 90 valence electrons. The summed E-state index contributed by atoms with van der Waals surface area (Å²) >= 11 is 2.06. The van der Waals surface area contributed by atoms with Gasteiger partial charge in [-0.1, -0.05) is 0 Å². The van der Waals surface area contributed by atoms with E-state index in [0.29, 0.717) is 24.4 Å². The third-order valence-electron chi connectivity index (χ3n) is 2.28. The number of hydrogen-bond acceptors (Lipinski definition) is 5. The van der Waals surface area contributed by atoms with Crippen LogP contribution in [0.15, 0.2) is 6.33 Å². The zero-order valence-corrected chi connectivity index (χ0v) is 11.0. The van der Waals surface area contributed by atoms with Crippen LogP contribution in [0, 0.1) is 3.70 Å². The highest BCUT2D eigenvalue weighted by Gasteiger charge is 2.13. The lowest BCUT2D eigenvalue weighted by molar-refractivity contribution is -0.137. The molecule has 0 aromatic carbocycles. The van der Waals surface area contributed by atoms with E-state index in [-0.39, 0.29) is 6.42 Å². The molecule has 0 aliphatic carbocycles. The van der Waals surface area contributed by atoms with Crippen molar-refractivity contribution in [3.05, 3.63) is 10.0 Å². The van der Waals surface area contributed by atoms with E-state index in [0.717, 1.165) is 9.09 Å². The number of aliphatic carboxylic acids is 1. The zero-order valence-electron chi connectivity index (χ0n) is 8.80. The number of nitrogen functional groups attached to an aromatic ring is 1. The van der Waals surface area contributed by atoms with E-state index in [1.807, 2.05) is 0 Å². The number of carboxylic acids is 1. The van der Waals surface area contributed by atoms with Crippen LogP contribution in [-0.2, 0) is 11.3 Å². The van der Waals surface area contributed by atoms with Crippen LogP contribution in [0.2, 0.25) is 0 Å². The fraction of sp³-hybridized carbons (Fsp3) is 0.333. The summed E-state index contributed by atoms with van der Waals surface area (Å²) in [6.07, 6.45) is 1.99. The van der Waals surface area contributed by atoms with Gasteiger partial charge < -0.3 is 10.8 Å². The summed E-state index contributed by atoms with van der Waals surface area (Å²) in [6, 6.07) is 0. The van der Waals surface area contributed by atoms with Crippen LogP contribution in [0.4, 0.5) is 5.82 Å². The van der Waals surface area contributed by atoms with Crippen LogP contribution in [0.3, 0.4) is 0 Å². The molecule has 2 rings (SSSR count). The second-order valence-electron chi connectivity index (χ2n) is 3.47. The maximum Gasteiger partial charge on any atom is 0.303 e. The Kier molecular flexibility index (Phi) is 3.41. The number of carboxylic acid groups (broad SMARTS) is 1. The van der Waals surface area contributed by atoms with Crippen molar-refractivity contribution in [3.8, 4) is 0 Å². The summed E-state index contributed by atoms with van der Waals surface area (Å²) < 4.78 is 2.39. The average molecular weight is 347 g/mol. The van der Waals surface area contributed by atoms with E-state index >= 15 is 0 Å². The first-order chi connectivity index (χ1) is 8.09. The summed E-state index contributed by atoms with van der Waals surface area (Å²) in [5, 5.41) is 13.6. The predicted molar refractivity (Wildman–Crippen MR) is 69.3 cm³/mol. The minimum Gasteiger partial charge on any atom is -0.481 e. The molecule has 17 heavy (non-hydrogen) atoms. The maximum absolute atomic E-state index is 10.4.